The van der Waals surface area contributed by atoms with E-state index >= 15 is 0 Å². The molecule has 6 heteroatoms. The molecule has 3 nitrogen and oxygen atoms in total. The maximum absolute atomic E-state index is 12.4. The van der Waals surface area contributed by atoms with E-state index in [0.29, 0.717) is 10.6 Å². The molecule has 0 saturated heterocycles. The van der Waals surface area contributed by atoms with Gasteiger partial charge in [-0.2, -0.15) is 5.10 Å². The van der Waals surface area contributed by atoms with Gasteiger partial charge in [0.05, 0.1) is 13.0 Å². The average Bonchev–Trinajstić information content (AvgIpc) is 2.64. The summed E-state index contributed by atoms with van der Waals surface area (Å²) in [6.45, 7) is 0.120. The first-order chi connectivity index (χ1) is 8.08. The highest BCUT2D eigenvalue weighted by Crippen LogP contribution is 2.21. The van der Waals surface area contributed by atoms with Gasteiger partial charge in [-0.15, -0.1) is 0 Å². The number of hydrogen-bond donors (Lipinski definition) is 0. The average molecular weight is 259 g/mol. The number of halogens is 3. The third kappa shape index (κ3) is 2.61. The first-order valence-corrected chi connectivity index (χ1v) is 5.35. The standard InChI is InChI=1S/C11H9ClF2N2O/c12-8-4-2-1-3-7(8)6-16-10(17)5-9(15-16)11(13)14/h1-4,11H,5-6H2. The normalized spacial score (nSPS) is 15.6. The van der Waals surface area contributed by atoms with Crippen molar-refractivity contribution in [1.29, 1.82) is 0 Å². The highest BCUT2D eigenvalue weighted by atomic mass is 35.5. The highest BCUT2D eigenvalue weighted by Gasteiger charge is 2.29. The van der Waals surface area contributed by atoms with Crippen LogP contribution in [0.5, 0.6) is 0 Å². The van der Waals surface area contributed by atoms with Crippen LogP contribution >= 0.6 is 11.6 Å². The number of hydrazone groups is 1. The zero-order valence-electron chi connectivity index (χ0n) is 8.74. The van der Waals surface area contributed by atoms with Crippen LogP contribution in [0, 0.1) is 0 Å². The molecule has 2 rings (SSSR count). The van der Waals surface area contributed by atoms with Crippen LogP contribution in [-0.4, -0.2) is 23.1 Å². The van der Waals surface area contributed by atoms with E-state index < -0.39 is 12.3 Å². The lowest BCUT2D eigenvalue weighted by molar-refractivity contribution is -0.129. The molecule has 1 heterocycles. The molecule has 1 aromatic rings. The monoisotopic (exact) mass is 258 g/mol. The van der Waals surface area contributed by atoms with Crippen LogP contribution in [0.3, 0.4) is 0 Å². The molecule has 90 valence electrons. The van der Waals surface area contributed by atoms with Gasteiger partial charge in [-0.25, -0.2) is 13.8 Å². The Kier molecular flexibility index (Phi) is 3.38. The Morgan fingerprint density at radius 3 is 2.71 bits per heavy atom. The number of nitrogens with zero attached hydrogens (tertiary/aromatic N) is 2. The Bertz CT molecular complexity index is 476. The van der Waals surface area contributed by atoms with Crippen LogP contribution in [0.2, 0.25) is 5.02 Å². The molecule has 1 aliphatic heterocycles. The topological polar surface area (TPSA) is 32.7 Å². The van der Waals surface area contributed by atoms with Crippen molar-refractivity contribution >= 4 is 23.2 Å². The molecule has 0 radical (unpaired) electrons. The zero-order valence-corrected chi connectivity index (χ0v) is 9.49. The molecule has 1 amide bonds. The molecule has 0 unspecified atom stereocenters. The maximum atomic E-state index is 12.4. The van der Waals surface area contributed by atoms with Crippen LogP contribution in [-0.2, 0) is 11.3 Å². The lowest BCUT2D eigenvalue weighted by Crippen LogP contribution is -2.20. The number of hydrogen-bond acceptors (Lipinski definition) is 2. The lowest BCUT2D eigenvalue weighted by atomic mass is 10.2. The maximum Gasteiger partial charge on any atom is 0.278 e. The second-order valence-corrected chi connectivity index (χ2v) is 4.02. The Balaban J connectivity index is 2.15. The molecule has 0 bridgehead atoms. The molecular formula is C11H9ClF2N2O. The SMILES string of the molecule is O=C1CC(C(F)F)=NN1Cc1ccccc1Cl. The van der Waals surface area contributed by atoms with Gasteiger partial charge in [0.25, 0.3) is 6.43 Å². The van der Waals surface area contributed by atoms with Crippen LogP contribution in [0.4, 0.5) is 8.78 Å². The lowest BCUT2D eigenvalue weighted by Gasteiger charge is -2.12. The Hall–Kier alpha value is -1.49. The minimum Gasteiger partial charge on any atom is -0.273 e. The Morgan fingerprint density at radius 2 is 2.12 bits per heavy atom. The van der Waals surface area contributed by atoms with Gasteiger partial charge in [-0.3, -0.25) is 4.79 Å². The minimum absolute atomic E-state index is 0.120. The number of alkyl halides is 2. The summed E-state index contributed by atoms with van der Waals surface area (Å²) in [5.41, 5.74) is 0.295. The van der Waals surface area contributed by atoms with E-state index in [1.807, 2.05) is 0 Å². The van der Waals surface area contributed by atoms with Crippen molar-refractivity contribution in [2.45, 2.75) is 19.4 Å². The molecule has 1 aliphatic rings. The molecule has 17 heavy (non-hydrogen) atoms. The second kappa shape index (κ2) is 4.79. The second-order valence-electron chi connectivity index (χ2n) is 3.61. The summed E-state index contributed by atoms with van der Waals surface area (Å²) in [7, 11) is 0. The fourth-order valence-corrected chi connectivity index (χ4v) is 1.72. The quantitative estimate of drug-likeness (QED) is 0.820. The smallest absolute Gasteiger partial charge is 0.273 e. The van der Waals surface area contributed by atoms with Crippen LogP contribution in [0.1, 0.15) is 12.0 Å². The van der Waals surface area contributed by atoms with Gasteiger partial charge in [-0.05, 0) is 11.6 Å². The van der Waals surface area contributed by atoms with Gasteiger partial charge >= 0.3 is 0 Å². The van der Waals surface area contributed by atoms with E-state index in [4.69, 9.17) is 11.6 Å². The molecule has 0 aromatic heterocycles. The summed E-state index contributed by atoms with van der Waals surface area (Å²) < 4.78 is 24.7. The van der Waals surface area contributed by atoms with E-state index in [0.717, 1.165) is 5.01 Å². The molecular weight excluding hydrogens is 250 g/mol. The van der Waals surface area contributed by atoms with Gasteiger partial charge in [0.2, 0.25) is 5.91 Å². The number of carbonyl (C=O) groups excluding carboxylic acids is 1. The van der Waals surface area contributed by atoms with E-state index in [2.05, 4.69) is 5.10 Å². The summed E-state index contributed by atoms with van der Waals surface area (Å²) in [4.78, 5) is 11.4. The van der Waals surface area contributed by atoms with Gasteiger partial charge in [0.1, 0.15) is 5.71 Å². The predicted molar refractivity (Wildman–Crippen MR) is 60.1 cm³/mol. The summed E-state index contributed by atoms with van der Waals surface area (Å²) in [6.07, 6.45) is -3.00. The largest absolute Gasteiger partial charge is 0.278 e. The molecule has 0 atom stereocenters. The van der Waals surface area contributed by atoms with Crippen molar-refractivity contribution in [1.82, 2.24) is 5.01 Å². The fourth-order valence-electron chi connectivity index (χ4n) is 1.52. The molecule has 0 saturated carbocycles. The van der Waals surface area contributed by atoms with E-state index in [1.54, 1.807) is 24.3 Å². The third-order valence-electron chi connectivity index (χ3n) is 2.40. The zero-order chi connectivity index (χ0) is 12.4. The third-order valence-corrected chi connectivity index (χ3v) is 2.77. The number of rotatable bonds is 3. The number of benzene rings is 1. The van der Waals surface area contributed by atoms with Crippen LogP contribution < -0.4 is 0 Å². The number of carbonyl (C=O) groups is 1. The van der Waals surface area contributed by atoms with Crippen LogP contribution in [0.15, 0.2) is 29.4 Å². The Morgan fingerprint density at radius 1 is 1.41 bits per heavy atom. The summed E-state index contributed by atoms with van der Waals surface area (Å²) in [5.74, 6) is -0.430. The van der Waals surface area contributed by atoms with Crippen molar-refractivity contribution in [3.05, 3.63) is 34.9 Å². The molecule has 0 N–H and O–H groups in total. The van der Waals surface area contributed by atoms with Gasteiger partial charge in [0.15, 0.2) is 0 Å². The molecule has 0 fully saturated rings. The van der Waals surface area contributed by atoms with Crippen molar-refractivity contribution in [3.8, 4) is 0 Å². The summed E-state index contributed by atoms with van der Waals surface area (Å²) in [6, 6.07) is 6.92. The van der Waals surface area contributed by atoms with Crippen molar-refractivity contribution < 1.29 is 13.6 Å². The molecule has 1 aromatic carbocycles. The molecule has 0 aliphatic carbocycles. The summed E-state index contributed by atoms with van der Waals surface area (Å²) >= 11 is 5.91. The molecule has 0 spiro atoms. The van der Waals surface area contributed by atoms with E-state index in [1.165, 1.54) is 0 Å². The highest BCUT2D eigenvalue weighted by molar-refractivity contribution is 6.31. The van der Waals surface area contributed by atoms with E-state index in [-0.39, 0.29) is 18.7 Å². The number of amides is 1. The van der Waals surface area contributed by atoms with Gasteiger partial charge in [0, 0.05) is 5.02 Å². The van der Waals surface area contributed by atoms with E-state index in [9.17, 15) is 13.6 Å². The van der Waals surface area contributed by atoms with Crippen molar-refractivity contribution in [2.75, 3.05) is 0 Å². The van der Waals surface area contributed by atoms with Gasteiger partial charge in [-0.1, -0.05) is 29.8 Å². The van der Waals surface area contributed by atoms with Gasteiger partial charge < -0.3 is 0 Å². The minimum atomic E-state index is -2.69. The summed E-state index contributed by atoms with van der Waals surface area (Å²) in [5, 5.41) is 5.11. The van der Waals surface area contributed by atoms with Crippen LogP contribution in [0.25, 0.3) is 0 Å². The van der Waals surface area contributed by atoms with Crippen molar-refractivity contribution in [2.24, 2.45) is 5.10 Å². The fraction of sp³-hybridized carbons (Fsp3) is 0.273. The van der Waals surface area contributed by atoms with Crippen molar-refractivity contribution in [3.63, 3.8) is 0 Å². The first-order valence-electron chi connectivity index (χ1n) is 4.97. The Labute approximate surface area is 102 Å². The first kappa shape index (κ1) is 12.0. The predicted octanol–water partition coefficient (Wildman–Crippen LogP) is 2.69.